The van der Waals surface area contributed by atoms with Crippen LogP contribution in [0, 0.1) is 0 Å². The average Bonchev–Trinajstić information content (AvgIpc) is 1.83. The fourth-order valence-corrected chi connectivity index (χ4v) is 1.26. The zero-order valence-electron chi connectivity index (χ0n) is 6.15. The van der Waals surface area contributed by atoms with Gasteiger partial charge in [-0.15, -0.1) is 0 Å². The van der Waals surface area contributed by atoms with E-state index in [1.165, 1.54) is 17.6 Å². The molecule has 1 atom stereocenters. The molecule has 0 bridgehead atoms. The van der Waals surface area contributed by atoms with E-state index in [9.17, 15) is 5.11 Å². The predicted molar refractivity (Wildman–Crippen MR) is 38.2 cm³/mol. The molecule has 1 N–H and O–H groups in total. The Morgan fingerprint density at radius 3 is 2.56 bits per heavy atom. The molecule has 0 saturated heterocycles. The van der Waals surface area contributed by atoms with Gasteiger partial charge in [-0.05, 0) is 38.7 Å². The molecule has 0 spiro atoms. The van der Waals surface area contributed by atoms with Gasteiger partial charge in [-0.2, -0.15) is 0 Å². The summed E-state index contributed by atoms with van der Waals surface area (Å²) >= 11 is 0. The minimum absolute atomic E-state index is 0.140. The number of allylic oxidation sites excluding steroid dienone is 1. The minimum Gasteiger partial charge on any atom is -0.389 e. The van der Waals surface area contributed by atoms with Gasteiger partial charge in [-0.3, -0.25) is 0 Å². The first-order valence-electron chi connectivity index (χ1n) is 3.56. The molecule has 0 radical (unpaired) electrons. The monoisotopic (exact) mass is 126 g/mol. The Morgan fingerprint density at radius 2 is 2.11 bits per heavy atom. The van der Waals surface area contributed by atoms with Crippen molar-refractivity contribution in [1.82, 2.24) is 0 Å². The van der Waals surface area contributed by atoms with Gasteiger partial charge in [0.2, 0.25) is 0 Å². The van der Waals surface area contributed by atoms with Gasteiger partial charge in [-0.25, -0.2) is 0 Å². The second-order valence-corrected chi connectivity index (χ2v) is 2.87. The van der Waals surface area contributed by atoms with Crippen molar-refractivity contribution < 1.29 is 5.11 Å². The number of rotatable bonds is 0. The lowest BCUT2D eigenvalue weighted by molar-refractivity contribution is 0.189. The van der Waals surface area contributed by atoms with E-state index < -0.39 is 0 Å². The summed E-state index contributed by atoms with van der Waals surface area (Å²) in [6.07, 6.45) is 3.16. The van der Waals surface area contributed by atoms with Crippen LogP contribution in [0.2, 0.25) is 0 Å². The molecule has 1 heteroatoms. The molecule has 0 aromatic rings. The first kappa shape index (κ1) is 6.81. The summed E-state index contributed by atoms with van der Waals surface area (Å²) in [5.41, 5.74) is 2.58. The van der Waals surface area contributed by atoms with E-state index in [0.29, 0.717) is 0 Å². The molecule has 1 rings (SSSR count). The standard InChI is InChI=1S/C8H14O/c1-6-4-3-5-8(9)7(6)2/h8-9H,3-5H2,1-2H3. The smallest absolute Gasteiger partial charge is 0.0750 e. The molecule has 0 amide bonds. The van der Waals surface area contributed by atoms with Gasteiger partial charge in [0, 0.05) is 0 Å². The summed E-state index contributed by atoms with van der Waals surface area (Å²) in [5, 5.41) is 9.29. The molecule has 1 aliphatic rings. The van der Waals surface area contributed by atoms with E-state index in [1.807, 2.05) is 6.92 Å². The Balaban J connectivity index is 2.72. The maximum Gasteiger partial charge on any atom is 0.0750 e. The van der Waals surface area contributed by atoms with E-state index in [0.717, 1.165) is 12.8 Å². The van der Waals surface area contributed by atoms with Crippen molar-refractivity contribution in [1.29, 1.82) is 0 Å². The molecule has 1 aliphatic carbocycles. The number of aliphatic hydroxyl groups is 1. The van der Waals surface area contributed by atoms with E-state index >= 15 is 0 Å². The molecular weight excluding hydrogens is 112 g/mol. The molecule has 0 aromatic carbocycles. The first-order valence-corrected chi connectivity index (χ1v) is 3.56. The maximum absolute atomic E-state index is 9.29. The molecule has 0 aliphatic heterocycles. The highest BCUT2D eigenvalue weighted by Gasteiger charge is 2.13. The van der Waals surface area contributed by atoms with E-state index in [1.54, 1.807) is 0 Å². The third kappa shape index (κ3) is 1.33. The van der Waals surface area contributed by atoms with Gasteiger partial charge >= 0.3 is 0 Å². The van der Waals surface area contributed by atoms with Crippen LogP contribution in [0.3, 0.4) is 0 Å². The molecular formula is C8H14O. The summed E-state index contributed by atoms with van der Waals surface area (Å²) in [5.74, 6) is 0. The van der Waals surface area contributed by atoms with Gasteiger partial charge < -0.3 is 5.11 Å². The SMILES string of the molecule is CC1=C(C)C(O)CCC1. The topological polar surface area (TPSA) is 20.2 Å². The van der Waals surface area contributed by atoms with E-state index in [4.69, 9.17) is 0 Å². The van der Waals surface area contributed by atoms with Crippen LogP contribution in [0.25, 0.3) is 0 Å². The zero-order chi connectivity index (χ0) is 6.85. The average molecular weight is 126 g/mol. The summed E-state index contributed by atoms with van der Waals surface area (Å²) in [4.78, 5) is 0. The molecule has 52 valence electrons. The third-order valence-corrected chi connectivity index (χ3v) is 2.20. The number of aliphatic hydroxyl groups excluding tert-OH is 1. The first-order chi connectivity index (χ1) is 4.22. The molecule has 0 aromatic heterocycles. The maximum atomic E-state index is 9.29. The normalized spacial score (nSPS) is 29.0. The van der Waals surface area contributed by atoms with Gasteiger partial charge in [-0.1, -0.05) is 5.57 Å². The van der Waals surface area contributed by atoms with Crippen LogP contribution in [0.4, 0.5) is 0 Å². The van der Waals surface area contributed by atoms with Crippen LogP contribution in [-0.4, -0.2) is 11.2 Å². The molecule has 1 nitrogen and oxygen atoms in total. The molecule has 9 heavy (non-hydrogen) atoms. The quantitative estimate of drug-likeness (QED) is 0.491. The van der Waals surface area contributed by atoms with Crippen LogP contribution in [-0.2, 0) is 0 Å². The molecule has 0 fully saturated rings. The van der Waals surface area contributed by atoms with Crippen LogP contribution in [0.1, 0.15) is 33.1 Å². The van der Waals surface area contributed by atoms with Crippen LogP contribution in [0.15, 0.2) is 11.1 Å². The summed E-state index contributed by atoms with van der Waals surface area (Å²) < 4.78 is 0. The summed E-state index contributed by atoms with van der Waals surface area (Å²) in [6, 6.07) is 0. The van der Waals surface area contributed by atoms with Crippen molar-refractivity contribution in [2.45, 2.75) is 39.2 Å². The Kier molecular flexibility index (Phi) is 1.91. The third-order valence-electron chi connectivity index (χ3n) is 2.20. The van der Waals surface area contributed by atoms with Gasteiger partial charge in [0.05, 0.1) is 6.10 Å². The van der Waals surface area contributed by atoms with E-state index in [2.05, 4.69) is 6.92 Å². The van der Waals surface area contributed by atoms with Crippen molar-refractivity contribution >= 4 is 0 Å². The Bertz CT molecular complexity index is 136. The Hall–Kier alpha value is -0.300. The van der Waals surface area contributed by atoms with Crippen molar-refractivity contribution in [2.75, 3.05) is 0 Å². The Labute approximate surface area is 56.4 Å². The lowest BCUT2D eigenvalue weighted by Crippen LogP contribution is -2.13. The fraction of sp³-hybridized carbons (Fsp3) is 0.750. The van der Waals surface area contributed by atoms with Crippen molar-refractivity contribution in [2.24, 2.45) is 0 Å². The second kappa shape index (κ2) is 2.53. The molecule has 0 heterocycles. The largest absolute Gasteiger partial charge is 0.389 e. The highest BCUT2D eigenvalue weighted by Crippen LogP contribution is 2.23. The summed E-state index contributed by atoms with van der Waals surface area (Å²) in [7, 11) is 0. The zero-order valence-corrected chi connectivity index (χ0v) is 6.15. The van der Waals surface area contributed by atoms with Gasteiger partial charge in [0.1, 0.15) is 0 Å². The fourth-order valence-electron chi connectivity index (χ4n) is 1.26. The Morgan fingerprint density at radius 1 is 1.44 bits per heavy atom. The van der Waals surface area contributed by atoms with Gasteiger partial charge in [0.25, 0.3) is 0 Å². The van der Waals surface area contributed by atoms with Crippen molar-refractivity contribution in [3.05, 3.63) is 11.1 Å². The molecule has 1 unspecified atom stereocenters. The van der Waals surface area contributed by atoms with Crippen molar-refractivity contribution in [3.63, 3.8) is 0 Å². The lowest BCUT2D eigenvalue weighted by atomic mass is 9.92. The number of hydrogen-bond donors (Lipinski definition) is 1. The lowest BCUT2D eigenvalue weighted by Gasteiger charge is -2.19. The van der Waals surface area contributed by atoms with E-state index in [-0.39, 0.29) is 6.10 Å². The summed E-state index contributed by atoms with van der Waals surface area (Å²) in [6.45, 7) is 4.14. The minimum atomic E-state index is -0.140. The van der Waals surface area contributed by atoms with Crippen molar-refractivity contribution in [3.8, 4) is 0 Å². The van der Waals surface area contributed by atoms with Crippen LogP contribution in [0.5, 0.6) is 0 Å². The molecule has 0 saturated carbocycles. The predicted octanol–water partition coefficient (Wildman–Crippen LogP) is 1.87. The number of hydrogen-bond acceptors (Lipinski definition) is 1. The van der Waals surface area contributed by atoms with Gasteiger partial charge in [0.15, 0.2) is 0 Å². The highest BCUT2D eigenvalue weighted by molar-refractivity contribution is 5.16. The highest BCUT2D eigenvalue weighted by atomic mass is 16.3. The second-order valence-electron chi connectivity index (χ2n) is 2.87. The van der Waals surface area contributed by atoms with Crippen LogP contribution >= 0.6 is 0 Å². The van der Waals surface area contributed by atoms with Crippen LogP contribution < -0.4 is 0 Å².